The third-order valence-corrected chi connectivity index (χ3v) is 3.91. The normalized spacial score (nSPS) is 11.3. The second kappa shape index (κ2) is 5.70. The topological polar surface area (TPSA) is 98.2 Å². The van der Waals surface area contributed by atoms with Crippen molar-refractivity contribution in [3.63, 3.8) is 0 Å². The highest BCUT2D eigenvalue weighted by Crippen LogP contribution is 2.22. The van der Waals surface area contributed by atoms with Gasteiger partial charge in [0.2, 0.25) is 10.0 Å². The smallest absolute Gasteiger partial charge is 0.238 e. The van der Waals surface area contributed by atoms with Gasteiger partial charge in [0.05, 0.1) is 16.3 Å². The van der Waals surface area contributed by atoms with E-state index in [1.54, 1.807) is 18.2 Å². The lowest BCUT2D eigenvalue weighted by Gasteiger charge is -2.10. The first-order valence-electron chi connectivity index (χ1n) is 5.77. The Morgan fingerprint density at radius 3 is 2.30 bits per heavy atom. The second-order valence-electron chi connectivity index (χ2n) is 4.27. The Kier molecular flexibility index (Phi) is 4.17. The number of benzene rings is 2. The molecule has 7 heteroatoms. The number of hydrogen-bond acceptors (Lipinski definition) is 4. The first kappa shape index (κ1) is 14.6. The zero-order valence-electron chi connectivity index (χ0n) is 10.5. The SMILES string of the molecule is Nc1cc(S(N)(=O)=O)ccc1NCc1ccc(Cl)cc1. The van der Waals surface area contributed by atoms with Gasteiger partial charge in [0.15, 0.2) is 0 Å². The molecule has 0 fully saturated rings. The van der Waals surface area contributed by atoms with Crippen molar-refractivity contribution in [2.75, 3.05) is 11.1 Å². The molecular formula is C13H14ClN3O2S. The molecule has 2 rings (SSSR count). The fourth-order valence-corrected chi connectivity index (χ4v) is 2.35. The number of nitrogens with two attached hydrogens (primary N) is 2. The molecule has 0 saturated carbocycles. The van der Waals surface area contributed by atoms with Gasteiger partial charge in [-0.2, -0.15) is 0 Å². The summed E-state index contributed by atoms with van der Waals surface area (Å²) in [6.07, 6.45) is 0. The molecule has 0 amide bonds. The number of nitrogens with one attached hydrogen (secondary N) is 1. The van der Waals surface area contributed by atoms with Gasteiger partial charge < -0.3 is 11.1 Å². The molecule has 0 atom stereocenters. The molecule has 0 aromatic heterocycles. The Morgan fingerprint density at radius 1 is 1.10 bits per heavy atom. The third-order valence-electron chi connectivity index (χ3n) is 2.75. The van der Waals surface area contributed by atoms with Crippen LogP contribution in [0.4, 0.5) is 11.4 Å². The number of nitrogen functional groups attached to an aromatic ring is 1. The standard InChI is InChI=1S/C13H14ClN3O2S/c14-10-3-1-9(2-4-10)8-17-13-6-5-11(7-12(13)15)20(16,18)19/h1-7,17H,8,15H2,(H2,16,18,19). The highest BCUT2D eigenvalue weighted by molar-refractivity contribution is 7.89. The Hall–Kier alpha value is -1.76. The average Bonchev–Trinajstić information content (AvgIpc) is 2.38. The molecule has 106 valence electrons. The van der Waals surface area contributed by atoms with Crippen molar-refractivity contribution in [3.05, 3.63) is 53.1 Å². The summed E-state index contributed by atoms with van der Waals surface area (Å²) in [5, 5.41) is 8.83. The molecule has 0 aliphatic carbocycles. The van der Waals surface area contributed by atoms with Crippen molar-refractivity contribution in [1.29, 1.82) is 0 Å². The van der Waals surface area contributed by atoms with E-state index >= 15 is 0 Å². The maximum atomic E-state index is 11.2. The van der Waals surface area contributed by atoms with Gasteiger partial charge in [0.1, 0.15) is 0 Å². The number of halogens is 1. The van der Waals surface area contributed by atoms with Crippen LogP contribution in [0.5, 0.6) is 0 Å². The molecule has 20 heavy (non-hydrogen) atoms. The van der Waals surface area contributed by atoms with Gasteiger partial charge in [-0.25, -0.2) is 13.6 Å². The molecular weight excluding hydrogens is 298 g/mol. The lowest BCUT2D eigenvalue weighted by Crippen LogP contribution is -2.13. The summed E-state index contributed by atoms with van der Waals surface area (Å²) < 4.78 is 22.4. The number of sulfonamides is 1. The molecule has 0 spiro atoms. The summed E-state index contributed by atoms with van der Waals surface area (Å²) in [7, 11) is -3.74. The molecule has 0 aliphatic heterocycles. The Balaban J connectivity index is 2.12. The van der Waals surface area contributed by atoms with Crippen molar-refractivity contribution >= 4 is 33.0 Å². The lowest BCUT2D eigenvalue weighted by atomic mass is 10.2. The maximum Gasteiger partial charge on any atom is 0.238 e. The van der Waals surface area contributed by atoms with E-state index in [2.05, 4.69) is 5.32 Å². The van der Waals surface area contributed by atoms with E-state index in [0.717, 1.165) is 5.56 Å². The first-order chi connectivity index (χ1) is 9.36. The number of rotatable bonds is 4. The van der Waals surface area contributed by atoms with Crippen molar-refractivity contribution < 1.29 is 8.42 Å². The van der Waals surface area contributed by atoms with Crippen molar-refractivity contribution in [1.82, 2.24) is 0 Å². The van der Waals surface area contributed by atoms with Crippen LogP contribution in [0.1, 0.15) is 5.56 Å². The van der Waals surface area contributed by atoms with Gasteiger partial charge in [-0.3, -0.25) is 0 Å². The zero-order chi connectivity index (χ0) is 14.8. The molecule has 0 aliphatic rings. The van der Waals surface area contributed by atoms with E-state index in [-0.39, 0.29) is 4.90 Å². The van der Waals surface area contributed by atoms with Gasteiger partial charge in [0, 0.05) is 11.6 Å². The minimum absolute atomic E-state index is 0.00737. The van der Waals surface area contributed by atoms with Gasteiger partial charge in [-0.15, -0.1) is 0 Å². The van der Waals surface area contributed by atoms with E-state index in [1.807, 2.05) is 12.1 Å². The van der Waals surface area contributed by atoms with Crippen molar-refractivity contribution in [3.8, 4) is 0 Å². The van der Waals surface area contributed by atoms with Gasteiger partial charge in [-0.1, -0.05) is 23.7 Å². The van der Waals surface area contributed by atoms with E-state index in [4.69, 9.17) is 22.5 Å². The van der Waals surface area contributed by atoms with Gasteiger partial charge in [0.25, 0.3) is 0 Å². The van der Waals surface area contributed by atoms with Crippen LogP contribution in [-0.4, -0.2) is 8.42 Å². The third kappa shape index (κ3) is 3.63. The molecule has 0 radical (unpaired) electrons. The minimum Gasteiger partial charge on any atom is -0.397 e. The van der Waals surface area contributed by atoms with E-state index in [9.17, 15) is 8.42 Å². The van der Waals surface area contributed by atoms with Gasteiger partial charge in [-0.05, 0) is 35.9 Å². The van der Waals surface area contributed by atoms with Crippen LogP contribution in [0.2, 0.25) is 5.02 Å². The highest BCUT2D eigenvalue weighted by atomic mass is 35.5. The van der Waals surface area contributed by atoms with Crippen molar-refractivity contribution in [2.45, 2.75) is 11.4 Å². The molecule has 0 unspecified atom stereocenters. The summed E-state index contributed by atoms with van der Waals surface area (Å²) in [4.78, 5) is -0.00737. The fraction of sp³-hybridized carbons (Fsp3) is 0.0769. The first-order valence-corrected chi connectivity index (χ1v) is 7.69. The molecule has 5 nitrogen and oxygen atoms in total. The predicted molar refractivity (Wildman–Crippen MR) is 81.0 cm³/mol. The summed E-state index contributed by atoms with van der Waals surface area (Å²) in [5.74, 6) is 0. The summed E-state index contributed by atoms with van der Waals surface area (Å²) >= 11 is 5.81. The average molecular weight is 312 g/mol. The Bertz CT molecular complexity index is 715. The lowest BCUT2D eigenvalue weighted by molar-refractivity contribution is 0.598. The van der Waals surface area contributed by atoms with E-state index < -0.39 is 10.0 Å². The summed E-state index contributed by atoms with van der Waals surface area (Å²) in [6, 6.07) is 11.7. The maximum absolute atomic E-state index is 11.2. The highest BCUT2D eigenvalue weighted by Gasteiger charge is 2.09. The van der Waals surface area contributed by atoms with Crippen LogP contribution < -0.4 is 16.2 Å². The summed E-state index contributed by atoms with van der Waals surface area (Å²) in [5.41, 5.74) is 7.80. The predicted octanol–water partition coefficient (Wildman–Crippen LogP) is 2.18. The van der Waals surface area contributed by atoms with Crippen LogP contribution in [-0.2, 0) is 16.6 Å². The van der Waals surface area contributed by atoms with Gasteiger partial charge >= 0.3 is 0 Å². The molecule has 0 heterocycles. The summed E-state index contributed by atoms with van der Waals surface area (Å²) in [6.45, 7) is 0.552. The molecule has 0 bridgehead atoms. The quantitative estimate of drug-likeness (QED) is 0.754. The van der Waals surface area contributed by atoms with Crippen LogP contribution in [0, 0.1) is 0 Å². The van der Waals surface area contributed by atoms with E-state index in [1.165, 1.54) is 12.1 Å². The monoisotopic (exact) mass is 311 g/mol. The van der Waals surface area contributed by atoms with Crippen LogP contribution in [0.25, 0.3) is 0 Å². The van der Waals surface area contributed by atoms with E-state index in [0.29, 0.717) is 22.9 Å². The second-order valence-corrected chi connectivity index (χ2v) is 6.27. The number of primary sulfonamides is 1. The molecule has 2 aromatic rings. The fourth-order valence-electron chi connectivity index (χ4n) is 1.68. The Labute approximate surface area is 122 Å². The number of anilines is 2. The Morgan fingerprint density at radius 2 is 1.75 bits per heavy atom. The zero-order valence-corrected chi connectivity index (χ0v) is 12.1. The molecule has 5 N–H and O–H groups in total. The minimum atomic E-state index is -3.74. The number of hydrogen-bond donors (Lipinski definition) is 3. The molecule has 0 saturated heterocycles. The van der Waals surface area contributed by atoms with Crippen LogP contribution in [0.15, 0.2) is 47.4 Å². The van der Waals surface area contributed by atoms with Crippen LogP contribution in [0.3, 0.4) is 0 Å². The van der Waals surface area contributed by atoms with Crippen molar-refractivity contribution in [2.24, 2.45) is 5.14 Å². The molecule has 2 aromatic carbocycles. The largest absolute Gasteiger partial charge is 0.397 e. The van der Waals surface area contributed by atoms with Crippen LogP contribution >= 0.6 is 11.6 Å².